The molecule has 0 aliphatic heterocycles. The molecule has 0 saturated carbocycles. The molecule has 0 fully saturated rings. The standard InChI is InChI=1S/C23H16N6OS/c1-12-2-3-22(31-12)17-9-25-10-20-15(17)5-19(27-20)23-16-6-18(26-11-21(16)28-29-23)13-4-14(30)8-24-7-13/h2-11,27,30H,1H3,(H,28,29). The van der Waals surface area contributed by atoms with Crippen LogP contribution >= 0.6 is 11.3 Å². The molecule has 6 heterocycles. The maximum Gasteiger partial charge on any atom is 0.134 e. The number of aromatic nitrogens is 6. The molecule has 150 valence electrons. The quantitative estimate of drug-likeness (QED) is 0.357. The summed E-state index contributed by atoms with van der Waals surface area (Å²) in [5.41, 5.74) is 6.05. The molecule has 0 amide bonds. The highest BCUT2D eigenvalue weighted by molar-refractivity contribution is 7.15. The van der Waals surface area contributed by atoms with E-state index in [-0.39, 0.29) is 5.75 Å². The lowest BCUT2D eigenvalue weighted by Crippen LogP contribution is -1.85. The monoisotopic (exact) mass is 424 g/mol. The third-order valence-corrected chi connectivity index (χ3v) is 6.31. The van der Waals surface area contributed by atoms with E-state index in [4.69, 9.17) is 0 Å². The van der Waals surface area contributed by atoms with Crippen molar-refractivity contribution in [3.05, 3.63) is 66.2 Å². The van der Waals surface area contributed by atoms with Crippen LogP contribution in [-0.4, -0.2) is 35.2 Å². The summed E-state index contributed by atoms with van der Waals surface area (Å²) >= 11 is 1.76. The fraction of sp³-hybridized carbons (Fsp3) is 0.0435. The van der Waals surface area contributed by atoms with Crippen molar-refractivity contribution in [1.29, 1.82) is 0 Å². The van der Waals surface area contributed by atoms with Gasteiger partial charge < -0.3 is 10.1 Å². The molecule has 0 saturated heterocycles. The first-order valence-corrected chi connectivity index (χ1v) is 10.5. The van der Waals surface area contributed by atoms with Gasteiger partial charge in [0.2, 0.25) is 0 Å². The molecule has 7 nitrogen and oxygen atoms in total. The number of nitrogens with one attached hydrogen (secondary N) is 2. The van der Waals surface area contributed by atoms with Crippen LogP contribution in [0.5, 0.6) is 5.75 Å². The minimum absolute atomic E-state index is 0.103. The molecule has 8 heteroatoms. The number of aromatic hydroxyl groups is 1. The highest BCUT2D eigenvalue weighted by atomic mass is 32.1. The number of fused-ring (bicyclic) bond motifs is 2. The van der Waals surface area contributed by atoms with Crippen molar-refractivity contribution in [2.75, 3.05) is 0 Å². The summed E-state index contributed by atoms with van der Waals surface area (Å²) < 4.78 is 0. The maximum absolute atomic E-state index is 9.76. The van der Waals surface area contributed by atoms with E-state index in [1.165, 1.54) is 16.0 Å². The Hall–Kier alpha value is -4.04. The number of rotatable bonds is 3. The molecule has 6 aromatic heterocycles. The van der Waals surface area contributed by atoms with Crippen molar-refractivity contribution in [3.8, 4) is 38.8 Å². The van der Waals surface area contributed by atoms with Crippen LogP contribution in [0.4, 0.5) is 0 Å². The summed E-state index contributed by atoms with van der Waals surface area (Å²) in [6.45, 7) is 2.10. The molecule has 0 aromatic carbocycles. The van der Waals surface area contributed by atoms with E-state index in [9.17, 15) is 5.11 Å². The number of aryl methyl sites for hydroxylation is 1. The second kappa shape index (κ2) is 6.75. The topological polar surface area (TPSA) is 103 Å². The number of thiophene rings is 1. The van der Waals surface area contributed by atoms with E-state index < -0.39 is 0 Å². The van der Waals surface area contributed by atoms with Gasteiger partial charge in [-0.2, -0.15) is 5.10 Å². The third-order valence-electron chi connectivity index (χ3n) is 5.27. The first-order chi connectivity index (χ1) is 15.2. The lowest BCUT2D eigenvalue weighted by Gasteiger charge is -2.01. The fourth-order valence-electron chi connectivity index (χ4n) is 3.80. The first kappa shape index (κ1) is 17.8. The van der Waals surface area contributed by atoms with E-state index in [1.807, 2.05) is 18.5 Å². The van der Waals surface area contributed by atoms with Crippen LogP contribution in [0.2, 0.25) is 0 Å². The molecule has 0 aliphatic rings. The molecule has 31 heavy (non-hydrogen) atoms. The van der Waals surface area contributed by atoms with Gasteiger partial charge in [-0.15, -0.1) is 11.3 Å². The minimum Gasteiger partial charge on any atom is -0.506 e. The molecule has 6 aromatic rings. The van der Waals surface area contributed by atoms with Crippen LogP contribution in [0.25, 0.3) is 54.9 Å². The van der Waals surface area contributed by atoms with Crippen molar-refractivity contribution < 1.29 is 5.11 Å². The van der Waals surface area contributed by atoms with Crippen LogP contribution < -0.4 is 0 Å². The number of pyridine rings is 3. The Morgan fingerprint density at radius 2 is 1.81 bits per heavy atom. The van der Waals surface area contributed by atoms with Gasteiger partial charge in [-0.3, -0.25) is 20.1 Å². The number of hydrogen-bond donors (Lipinski definition) is 3. The van der Waals surface area contributed by atoms with Crippen molar-refractivity contribution >= 4 is 33.1 Å². The summed E-state index contributed by atoms with van der Waals surface area (Å²) in [6.07, 6.45) is 8.57. The number of H-pyrrole nitrogens is 2. The first-order valence-electron chi connectivity index (χ1n) is 9.68. The van der Waals surface area contributed by atoms with Crippen molar-refractivity contribution in [2.45, 2.75) is 6.92 Å². The van der Waals surface area contributed by atoms with Gasteiger partial charge in [0.15, 0.2) is 0 Å². The summed E-state index contributed by atoms with van der Waals surface area (Å²) in [5, 5.41) is 19.4. The molecule has 6 rings (SSSR count). The van der Waals surface area contributed by atoms with Crippen LogP contribution in [0.3, 0.4) is 0 Å². The van der Waals surface area contributed by atoms with Crippen molar-refractivity contribution in [1.82, 2.24) is 30.1 Å². The lowest BCUT2D eigenvalue weighted by atomic mass is 10.1. The highest BCUT2D eigenvalue weighted by Crippen LogP contribution is 2.36. The predicted octanol–water partition coefficient (Wildman–Crippen LogP) is 5.31. The maximum atomic E-state index is 9.76. The second-order valence-electron chi connectivity index (χ2n) is 7.36. The van der Waals surface area contributed by atoms with Gasteiger partial charge in [0.05, 0.1) is 41.0 Å². The molecular weight excluding hydrogens is 408 g/mol. The van der Waals surface area contributed by atoms with Crippen LogP contribution in [0.1, 0.15) is 4.88 Å². The Bertz CT molecular complexity index is 1580. The SMILES string of the molecule is Cc1ccc(-c2cncc3[nH]c(-c4n[nH]c5cnc(-c6cncc(O)c6)cc45)cc23)s1. The zero-order valence-electron chi connectivity index (χ0n) is 16.4. The molecule has 0 bridgehead atoms. The Morgan fingerprint density at radius 1 is 0.903 bits per heavy atom. The number of hydrogen-bond acceptors (Lipinski definition) is 6. The van der Waals surface area contributed by atoms with Gasteiger partial charge in [-0.1, -0.05) is 0 Å². The Morgan fingerprint density at radius 3 is 2.65 bits per heavy atom. The average Bonchev–Trinajstić information content (AvgIpc) is 3.50. The van der Waals surface area contributed by atoms with Gasteiger partial charge in [0.1, 0.15) is 11.4 Å². The van der Waals surface area contributed by atoms with Gasteiger partial charge in [-0.05, 0) is 37.3 Å². The smallest absolute Gasteiger partial charge is 0.134 e. The molecular formula is C23H16N6OS. The van der Waals surface area contributed by atoms with E-state index >= 15 is 0 Å². The largest absolute Gasteiger partial charge is 0.506 e. The number of aromatic amines is 2. The summed E-state index contributed by atoms with van der Waals surface area (Å²) in [7, 11) is 0. The molecule has 3 N–H and O–H groups in total. The van der Waals surface area contributed by atoms with E-state index in [0.717, 1.165) is 44.3 Å². The number of nitrogens with zero attached hydrogens (tertiary/aromatic N) is 4. The van der Waals surface area contributed by atoms with Gasteiger partial charge in [0.25, 0.3) is 0 Å². The summed E-state index contributed by atoms with van der Waals surface area (Å²) in [5.74, 6) is 0.103. The summed E-state index contributed by atoms with van der Waals surface area (Å²) in [4.78, 5) is 18.9. The molecule has 0 aliphatic carbocycles. The van der Waals surface area contributed by atoms with E-state index in [0.29, 0.717) is 5.69 Å². The van der Waals surface area contributed by atoms with Gasteiger partial charge >= 0.3 is 0 Å². The second-order valence-corrected chi connectivity index (χ2v) is 8.65. The van der Waals surface area contributed by atoms with Gasteiger partial charge in [-0.25, -0.2) is 0 Å². The van der Waals surface area contributed by atoms with Crippen molar-refractivity contribution in [2.24, 2.45) is 0 Å². The zero-order valence-corrected chi connectivity index (χ0v) is 17.2. The Kier molecular flexibility index (Phi) is 3.87. The van der Waals surface area contributed by atoms with Crippen LogP contribution in [-0.2, 0) is 0 Å². The zero-order chi connectivity index (χ0) is 20.9. The van der Waals surface area contributed by atoms with Crippen LogP contribution in [0.15, 0.2) is 61.3 Å². The minimum atomic E-state index is 0.103. The normalized spacial score (nSPS) is 11.5. The highest BCUT2D eigenvalue weighted by Gasteiger charge is 2.15. The van der Waals surface area contributed by atoms with E-state index in [2.05, 4.69) is 55.3 Å². The predicted molar refractivity (Wildman–Crippen MR) is 122 cm³/mol. The Labute approximate surface area is 180 Å². The molecule has 0 unspecified atom stereocenters. The third kappa shape index (κ3) is 2.96. The van der Waals surface area contributed by atoms with Crippen molar-refractivity contribution in [3.63, 3.8) is 0 Å². The molecule has 0 radical (unpaired) electrons. The summed E-state index contributed by atoms with van der Waals surface area (Å²) in [6, 6.07) is 9.97. The van der Waals surface area contributed by atoms with Gasteiger partial charge in [0, 0.05) is 44.0 Å². The average molecular weight is 424 g/mol. The fourth-order valence-corrected chi connectivity index (χ4v) is 4.69. The molecule has 0 spiro atoms. The van der Waals surface area contributed by atoms with E-state index in [1.54, 1.807) is 29.8 Å². The molecule has 0 atom stereocenters. The van der Waals surface area contributed by atoms with Crippen LogP contribution in [0, 0.1) is 6.92 Å². The lowest BCUT2D eigenvalue weighted by molar-refractivity contribution is 0.473. The Balaban J connectivity index is 1.51.